The molecule has 1 amide bonds. The first kappa shape index (κ1) is 11.8. The molecule has 2 N–H and O–H groups in total. The van der Waals surface area contributed by atoms with Gasteiger partial charge in [0.15, 0.2) is 0 Å². The van der Waals surface area contributed by atoms with Crippen molar-refractivity contribution in [2.24, 2.45) is 11.8 Å². The molecule has 2 heterocycles. The lowest BCUT2D eigenvalue weighted by molar-refractivity contribution is -0.118. The van der Waals surface area contributed by atoms with E-state index < -0.39 is 5.97 Å². The van der Waals surface area contributed by atoms with E-state index in [0.29, 0.717) is 17.5 Å². The largest absolute Gasteiger partial charge is 0.478 e. The zero-order valence-corrected chi connectivity index (χ0v) is 11.0. The van der Waals surface area contributed by atoms with Crippen molar-refractivity contribution in [3.05, 3.63) is 23.8 Å². The van der Waals surface area contributed by atoms with Gasteiger partial charge in [-0.05, 0) is 36.8 Å². The van der Waals surface area contributed by atoms with Gasteiger partial charge in [0.2, 0.25) is 5.91 Å². The molecule has 3 aliphatic rings. The van der Waals surface area contributed by atoms with Crippen LogP contribution in [0.4, 0.5) is 11.4 Å². The summed E-state index contributed by atoms with van der Waals surface area (Å²) in [5.41, 5.74) is 1.50. The molecule has 1 saturated carbocycles. The van der Waals surface area contributed by atoms with E-state index in [9.17, 15) is 14.7 Å². The van der Waals surface area contributed by atoms with Crippen LogP contribution in [0.1, 0.15) is 29.6 Å². The number of anilines is 2. The Morgan fingerprint density at radius 3 is 3.00 bits per heavy atom. The molecule has 104 valence electrons. The highest BCUT2D eigenvalue weighted by molar-refractivity contribution is 6.10. The molecule has 0 bridgehead atoms. The molecule has 20 heavy (non-hydrogen) atoms. The number of hydrogen-bond acceptors (Lipinski definition) is 3. The first-order chi connectivity index (χ1) is 9.66. The molecule has 5 nitrogen and oxygen atoms in total. The quantitative estimate of drug-likeness (QED) is 0.819. The Bertz CT molecular complexity index is 613. The minimum atomic E-state index is -1.00. The number of benzene rings is 1. The van der Waals surface area contributed by atoms with Gasteiger partial charge in [-0.1, -0.05) is 12.5 Å². The predicted octanol–water partition coefficient (Wildman–Crippen LogP) is 1.94. The lowest BCUT2D eigenvalue weighted by atomic mass is 9.92. The van der Waals surface area contributed by atoms with Crippen LogP contribution in [-0.2, 0) is 4.79 Å². The molecule has 1 aromatic rings. The van der Waals surface area contributed by atoms with E-state index in [4.69, 9.17) is 0 Å². The summed E-state index contributed by atoms with van der Waals surface area (Å²) in [6.07, 6.45) is 3.49. The minimum Gasteiger partial charge on any atom is -0.478 e. The Morgan fingerprint density at radius 2 is 2.20 bits per heavy atom. The topological polar surface area (TPSA) is 69.6 Å². The first-order valence-corrected chi connectivity index (χ1v) is 7.10. The molecule has 5 heteroatoms. The summed E-state index contributed by atoms with van der Waals surface area (Å²) >= 11 is 0. The molecule has 3 atom stereocenters. The molecule has 4 rings (SSSR count). The van der Waals surface area contributed by atoms with Crippen LogP contribution in [-0.4, -0.2) is 29.6 Å². The van der Waals surface area contributed by atoms with Crippen LogP contribution in [0.5, 0.6) is 0 Å². The molecule has 1 aliphatic carbocycles. The summed E-state index contributed by atoms with van der Waals surface area (Å²) in [4.78, 5) is 25.8. The van der Waals surface area contributed by atoms with Crippen molar-refractivity contribution in [3.63, 3.8) is 0 Å². The van der Waals surface area contributed by atoms with Crippen LogP contribution in [0.2, 0.25) is 0 Å². The second-order valence-electron chi connectivity index (χ2n) is 5.95. The third kappa shape index (κ3) is 1.43. The SMILES string of the molecule is O=C(O)c1cccc2c1NC(=O)C1C3CCCC3CN21. The van der Waals surface area contributed by atoms with Gasteiger partial charge in [-0.2, -0.15) is 0 Å². The maximum atomic E-state index is 12.4. The van der Waals surface area contributed by atoms with Crippen molar-refractivity contribution >= 4 is 23.3 Å². The number of carboxylic acids is 1. The monoisotopic (exact) mass is 272 g/mol. The lowest BCUT2D eigenvalue weighted by Gasteiger charge is -2.35. The summed E-state index contributed by atoms with van der Waals surface area (Å²) in [5, 5.41) is 12.1. The normalized spacial score (nSPS) is 30.5. The second kappa shape index (κ2) is 3.98. The zero-order chi connectivity index (χ0) is 13.9. The third-order valence-corrected chi connectivity index (χ3v) is 4.99. The Hall–Kier alpha value is -2.04. The number of hydrogen-bond donors (Lipinski definition) is 2. The molecule has 0 spiro atoms. The smallest absolute Gasteiger partial charge is 0.337 e. The van der Waals surface area contributed by atoms with Gasteiger partial charge in [0.25, 0.3) is 0 Å². The summed E-state index contributed by atoms with van der Waals surface area (Å²) in [6, 6.07) is 5.10. The highest BCUT2D eigenvalue weighted by atomic mass is 16.4. The Balaban J connectivity index is 1.83. The zero-order valence-electron chi connectivity index (χ0n) is 11.0. The fourth-order valence-electron chi connectivity index (χ4n) is 4.18. The van der Waals surface area contributed by atoms with Crippen LogP contribution < -0.4 is 10.2 Å². The van der Waals surface area contributed by atoms with Gasteiger partial charge in [0.05, 0.1) is 16.9 Å². The molecule has 1 saturated heterocycles. The Morgan fingerprint density at radius 1 is 1.35 bits per heavy atom. The highest BCUT2D eigenvalue weighted by Gasteiger charge is 2.50. The number of carboxylic acid groups (broad SMARTS) is 1. The van der Waals surface area contributed by atoms with Gasteiger partial charge in [-0.3, -0.25) is 4.79 Å². The maximum Gasteiger partial charge on any atom is 0.337 e. The molecule has 0 radical (unpaired) electrons. The number of carbonyl (C=O) groups excluding carboxylic acids is 1. The molecule has 1 aromatic carbocycles. The highest BCUT2D eigenvalue weighted by Crippen LogP contribution is 2.48. The van der Waals surface area contributed by atoms with Crippen molar-refractivity contribution in [3.8, 4) is 0 Å². The molecular weight excluding hydrogens is 256 g/mol. The van der Waals surface area contributed by atoms with Crippen LogP contribution in [0, 0.1) is 11.8 Å². The summed E-state index contributed by atoms with van der Waals surface area (Å²) < 4.78 is 0. The van der Waals surface area contributed by atoms with Crippen molar-refractivity contribution in [1.82, 2.24) is 0 Å². The molecule has 3 unspecified atom stereocenters. The molecule has 2 aliphatic heterocycles. The number of amides is 1. The molecular formula is C15H16N2O3. The average molecular weight is 272 g/mol. The fourth-order valence-corrected chi connectivity index (χ4v) is 4.18. The van der Waals surface area contributed by atoms with E-state index in [2.05, 4.69) is 10.2 Å². The second-order valence-corrected chi connectivity index (χ2v) is 5.95. The number of nitrogens with one attached hydrogen (secondary N) is 1. The van der Waals surface area contributed by atoms with Crippen LogP contribution in [0.15, 0.2) is 18.2 Å². The van der Waals surface area contributed by atoms with Gasteiger partial charge in [0, 0.05) is 6.54 Å². The number of nitrogens with zero attached hydrogens (tertiary/aromatic N) is 1. The third-order valence-electron chi connectivity index (χ3n) is 4.99. The van der Waals surface area contributed by atoms with Crippen LogP contribution >= 0.6 is 0 Å². The van der Waals surface area contributed by atoms with E-state index in [1.807, 2.05) is 6.07 Å². The van der Waals surface area contributed by atoms with E-state index in [1.54, 1.807) is 12.1 Å². The van der Waals surface area contributed by atoms with Gasteiger partial charge in [-0.25, -0.2) is 4.79 Å². The van der Waals surface area contributed by atoms with E-state index >= 15 is 0 Å². The minimum absolute atomic E-state index is 0.0411. The Labute approximate surface area is 116 Å². The maximum absolute atomic E-state index is 12.4. The molecule has 2 fully saturated rings. The fraction of sp³-hybridized carbons (Fsp3) is 0.467. The molecule has 0 aromatic heterocycles. The summed E-state index contributed by atoms with van der Waals surface area (Å²) in [7, 11) is 0. The number of para-hydroxylation sites is 1. The Kier molecular flexibility index (Phi) is 2.34. The van der Waals surface area contributed by atoms with Crippen molar-refractivity contribution in [2.75, 3.05) is 16.8 Å². The van der Waals surface area contributed by atoms with Crippen molar-refractivity contribution in [2.45, 2.75) is 25.3 Å². The summed E-state index contributed by atoms with van der Waals surface area (Å²) in [5.74, 6) is -0.0394. The van der Waals surface area contributed by atoms with Gasteiger partial charge < -0.3 is 15.3 Å². The van der Waals surface area contributed by atoms with Gasteiger partial charge in [0.1, 0.15) is 6.04 Å². The van der Waals surface area contributed by atoms with E-state index in [0.717, 1.165) is 18.7 Å². The average Bonchev–Trinajstić information content (AvgIpc) is 2.98. The van der Waals surface area contributed by atoms with Crippen molar-refractivity contribution < 1.29 is 14.7 Å². The first-order valence-electron chi connectivity index (χ1n) is 7.10. The standard InChI is InChI=1S/C15H16N2O3/c18-14-13-9-4-1-3-8(9)7-17(13)11-6-2-5-10(15(19)20)12(11)16-14/h2,5-6,8-9,13H,1,3-4,7H2,(H,16,18)(H,19,20). The van der Waals surface area contributed by atoms with E-state index in [1.165, 1.54) is 12.8 Å². The van der Waals surface area contributed by atoms with Crippen LogP contribution in [0.3, 0.4) is 0 Å². The summed E-state index contributed by atoms with van der Waals surface area (Å²) in [6.45, 7) is 0.874. The lowest BCUT2D eigenvalue weighted by Crippen LogP contribution is -2.47. The van der Waals surface area contributed by atoms with Crippen LogP contribution in [0.25, 0.3) is 0 Å². The van der Waals surface area contributed by atoms with Crippen molar-refractivity contribution in [1.29, 1.82) is 0 Å². The van der Waals surface area contributed by atoms with E-state index in [-0.39, 0.29) is 17.5 Å². The number of carbonyl (C=O) groups is 2. The number of rotatable bonds is 1. The number of aromatic carboxylic acids is 1. The van der Waals surface area contributed by atoms with Gasteiger partial charge in [-0.15, -0.1) is 0 Å². The number of fused-ring (bicyclic) bond motifs is 5. The predicted molar refractivity (Wildman–Crippen MR) is 74.0 cm³/mol. The van der Waals surface area contributed by atoms with Gasteiger partial charge >= 0.3 is 5.97 Å².